The molecule has 64 valence electrons. The Labute approximate surface area is 87.7 Å². The van der Waals surface area contributed by atoms with E-state index in [9.17, 15) is 0 Å². The molecule has 1 heterocycles. The lowest BCUT2D eigenvalue weighted by atomic mass is 10.2. The van der Waals surface area contributed by atoms with Crippen LogP contribution in [0.4, 0.5) is 0 Å². The van der Waals surface area contributed by atoms with Gasteiger partial charge in [-0.15, -0.1) is 0 Å². The standard InChI is InChI=1S/C9H6BrN.CH3B/c10-9-8-4-2-1-3-7(8)5-6-11-9;1-2/h1-6H;1H3. The number of nitrogens with zero attached hydrogens (tertiary/aromatic N) is 1. The van der Waals surface area contributed by atoms with Gasteiger partial charge in [0.2, 0.25) is 0 Å². The first-order valence-electron chi connectivity index (χ1n) is 3.95. The number of hydrogen-bond acceptors (Lipinski definition) is 1. The predicted octanol–water partition coefficient (Wildman–Crippen LogP) is 3.20. The fraction of sp³-hybridized carbons (Fsp3) is 0.100. The van der Waals surface area contributed by atoms with Gasteiger partial charge in [-0.3, -0.25) is 0 Å². The highest BCUT2D eigenvalue weighted by Gasteiger charge is 1.95. The number of hydrogen-bond donors (Lipinski definition) is 0. The van der Waals surface area contributed by atoms with E-state index in [0.29, 0.717) is 0 Å². The third-order valence-electron chi connectivity index (χ3n) is 1.63. The monoisotopic (exact) mass is 233 g/mol. The first kappa shape index (κ1) is 10.3. The largest absolute Gasteiger partial charge is 0.249 e. The number of fused-ring (bicyclic) bond motifs is 1. The van der Waals surface area contributed by atoms with E-state index in [1.165, 1.54) is 12.2 Å². The van der Waals surface area contributed by atoms with E-state index >= 15 is 0 Å². The van der Waals surface area contributed by atoms with Crippen LogP contribution in [0.25, 0.3) is 10.8 Å². The van der Waals surface area contributed by atoms with Crippen LogP contribution in [0.15, 0.2) is 41.1 Å². The maximum absolute atomic E-state index is 4.50. The minimum absolute atomic E-state index is 0.913. The molecular weight excluding hydrogens is 225 g/mol. The van der Waals surface area contributed by atoms with Gasteiger partial charge in [0.15, 0.2) is 0 Å². The van der Waals surface area contributed by atoms with Crippen molar-refractivity contribution in [2.24, 2.45) is 0 Å². The zero-order valence-corrected chi connectivity index (χ0v) is 8.95. The molecule has 1 aromatic heterocycles. The number of rotatable bonds is 0. The molecule has 0 fully saturated rings. The molecule has 0 aliphatic rings. The second kappa shape index (κ2) is 5.02. The molecule has 2 rings (SSSR count). The molecule has 0 unspecified atom stereocenters. The van der Waals surface area contributed by atoms with Crippen molar-refractivity contribution >= 4 is 34.5 Å². The molecule has 0 spiro atoms. The zero-order chi connectivity index (χ0) is 9.68. The lowest BCUT2D eigenvalue weighted by Crippen LogP contribution is -1.76. The van der Waals surface area contributed by atoms with Gasteiger partial charge in [-0.05, 0) is 27.4 Å². The molecule has 2 radical (unpaired) electrons. The molecule has 0 saturated carbocycles. The Balaban J connectivity index is 0.000000396. The molecule has 3 heteroatoms. The Kier molecular flexibility index (Phi) is 3.96. The maximum atomic E-state index is 4.50. The SMILES string of the molecule is Brc1nccc2ccccc12.[B]C. The van der Waals surface area contributed by atoms with E-state index in [2.05, 4.69) is 34.8 Å². The van der Waals surface area contributed by atoms with Crippen LogP contribution in [0, 0.1) is 0 Å². The van der Waals surface area contributed by atoms with E-state index in [-0.39, 0.29) is 0 Å². The predicted molar refractivity (Wildman–Crippen MR) is 61.1 cm³/mol. The summed E-state index contributed by atoms with van der Waals surface area (Å²) in [7, 11) is 4.50. The molecule has 0 atom stereocenters. The zero-order valence-electron chi connectivity index (χ0n) is 7.37. The molecule has 0 N–H and O–H groups in total. The molecule has 0 bridgehead atoms. The first-order valence-corrected chi connectivity index (χ1v) is 4.74. The molecule has 13 heavy (non-hydrogen) atoms. The summed E-state index contributed by atoms with van der Waals surface area (Å²) in [5, 5.41) is 2.38. The number of halogens is 1. The van der Waals surface area contributed by atoms with Crippen molar-refractivity contribution in [1.29, 1.82) is 0 Å². The van der Waals surface area contributed by atoms with Gasteiger partial charge in [-0.1, -0.05) is 31.1 Å². The van der Waals surface area contributed by atoms with Crippen LogP contribution in [0.5, 0.6) is 0 Å². The van der Waals surface area contributed by atoms with Crippen LogP contribution in [-0.2, 0) is 0 Å². The lowest BCUT2D eigenvalue weighted by Gasteiger charge is -1.96. The molecule has 0 aliphatic heterocycles. The van der Waals surface area contributed by atoms with E-state index in [0.717, 1.165) is 9.99 Å². The van der Waals surface area contributed by atoms with Crippen LogP contribution < -0.4 is 0 Å². The van der Waals surface area contributed by atoms with Crippen LogP contribution in [0.3, 0.4) is 0 Å². The van der Waals surface area contributed by atoms with Crippen molar-refractivity contribution in [2.45, 2.75) is 6.82 Å². The van der Waals surface area contributed by atoms with E-state index < -0.39 is 0 Å². The maximum Gasteiger partial charge on any atom is 0.113 e. The Bertz CT molecular complexity index is 384. The summed E-state index contributed by atoms with van der Waals surface area (Å²) in [6.07, 6.45) is 1.80. The van der Waals surface area contributed by atoms with Crippen molar-refractivity contribution < 1.29 is 0 Å². The molecule has 0 saturated heterocycles. The minimum atomic E-state index is 0.913. The normalized spacial score (nSPS) is 9.08. The van der Waals surface area contributed by atoms with E-state index in [1.807, 2.05) is 24.3 Å². The summed E-state index contributed by atoms with van der Waals surface area (Å²) in [4.78, 5) is 4.12. The van der Waals surface area contributed by atoms with Crippen molar-refractivity contribution in [3.8, 4) is 0 Å². The van der Waals surface area contributed by atoms with Crippen LogP contribution >= 0.6 is 15.9 Å². The molecule has 2 aromatic rings. The van der Waals surface area contributed by atoms with Crippen molar-refractivity contribution in [1.82, 2.24) is 4.98 Å². The van der Waals surface area contributed by atoms with Gasteiger partial charge in [-0.25, -0.2) is 4.98 Å². The summed E-state index contributed by atoms with van der Waals surface area (Å²) in [5.74, 6) is 0. The van der Waals surface area contributed by atoms with Gasteiger partial charge in [0.05, 0.1) is 7.85 Å². The fourth-order valence-electron chi connectivity index (χ4n) is 1.08. The average molecular weight is 234 g/mol. The summed E-state index contributed by atoms with van der Waals surface area (Å²) >= 11 is 3.39. The van der Waals surface area contributed by atoms with Gasteiger partial charge in [0, 0.05) is 11.6 Å². The summed E-state index contributed by atoms with van der Waals surface area (Å²) in [6.45, 7) is 1.50. The molecule has 1 nitrogen and oxygen atoms in total. The van der Waals surface area contributed by atoms with Crippen LogP contribution in [-0.4, -0.2) is 12.8 Å². The summed E-state index contributed by atoms with van der Waals surface area (Å²) < 4.78 is 0.913. The third kappa shape index (κ3) is 2.31. The van der Waals surface area contributed by atoms with Crippen molar-refractivity contribution in [3.63, 3.8) is 0 Å². The quantitative estimate of drug-likeness (QED) is 0.503. The van der Waals surface area contributed by atoms with Gasteiger partial charge >= 0.3 is 0 Å². The second-order valence-corrected chi connectivity index (χ2v) is 3.07. The Morgan fingerprint density at radius 2 is 1.85 bits per heavy atom. The topological polar surface area (TPSA) is 12.9 Å². The average Bonchev–Trinajstić information content (AvgIpc) is 2.22. The Morgan fingerprint density at radius 1 is 1.15 bits per heavy atom. The van der Waals surface area contributed by atoms with E-state index in [1.54, 1.807) is 6.20 Å². The van der Waals surface area contributed by atoms with Gasteiger partial charge in [0.25, 0.3) is 0 Å². The lowest BCUT2D eigenvalue weighted by molar-refractivity contribution is 1.31. The molecule has 0 amide bonds. The summed E-state index contributed by atoms with van der Waals surface area (Å²) in [6, 6.07) is 10.2. The highest BCUT2D eigenvalue weighted by Crippen LogP contribution is 2.20. The highest BCUT2D eigenvalue weighted by atomic mass is 79.9. The van der Waals surface area contributed by atoms with Gasteiger partial charge in [-0.2, -0.15) is 0 Å². The van der Waals surface area contributed by atoms with Gasteiger partial charge in [0.1, 0.15) is 4.60 Å². The molecule has 0 aliphatic carbocycles. The molecule has 1 aromatic carbocycles. The number of benzene rings is 1. The number of pyridine rings is 1. The van der Waals surface area contributed by atoms with Crippen molar-refractivity contribution in [3.05, 3.63) is 41.1 Å². The summed E-state index contributed by atoms with van der Waals surface area (Å²) in [5.41, 5.74) is 0. The highest BCUT2D eigenvalue weighted by molar-refractivity contribution is 9.10. The fourth-order valence-corrected chi connectivity index (χ4v) is 1.56. The number of aromatic nitrogens is 1. The Morgan fingerprint density at radius 3 is 2.54 bits per heavy atom. The first-order chi connectivity index (χ1) is 6.38. The van der Waals surface area contributed by atoms with E-state index in [4.69, 9.17) is 0 Å². The van der Waals surface area contributed by atoms with Crippen LogP contribution in [0.1, 0.15) is 0 Å². The minimum Gasteiger partial charge on any atom is -0.249 e. The second-order valence-electron chi connectivity index (χ2n) is 2.32. The third-order valence-corrected chi connectivity index (χ3v) is 2.26. The van der Waals surface area contributed by atoms with Crippen molar-refractivity contribution in [2.75, 3.05) is 0 Å². The van der Waals surface area contributed by atoms with Crippen LogP contribution in [0.2, 0.25) is 6.82 Å². The smallest absolute Gasteiger partial charge is 0.113 e. The Hall–Kier alpha value is -0.825. The van der Waals surface area contributed by atoms with Gasteiger partial charge < -0.3 is 0 Å². The molecular formula is C10H9BBrN.